The van der Waals surface area contributed by atoms with Gasteiger partial charge in [0.05, 0.1) is 32.6 Å². The zero-order valence-electron chi connectivity index (χ0n) is 38.8. The number of aliphatic hydroxyl groups excluding tert-OH is 1. The third-order valence-electron chi connectivity index (χ3n) is 13.3. The van der Waals surface area contributed by atoms with Crippen LogP contribution < -0.4 is 21.7 Å². The van der Waals surface area contributed by atoms with Gasteiger partial charge in [-0.3, -0.25) is 24.1 Å². The van der Waals surface area contributed by atoms with E-state index in [1.807, 2.05) is 78.8 Å². The number of carbonyl (C=O) groups excluding carboxylic acids is 4. The topological polar surface area (TPSA) is 178 Å². The molecule has 0 aromatic heterocycles. The minimum Gasteiger partial charge on any atom is -0.392 e. The number of nitrogens with zero attached hydrogens (tertiary/aromatic N) is 2. The molecule has 342 valence electrons. The molecule has 1 aliphatic rings. The van der Waals surface area contributed by atoms with Crippen LogP contribution in [0.2, 0.25) is 0 Å². The number of nitriles is 1. The van der Waals surface area contributed by atoms with Crippen molar-refractivity contribution in [3.8, 4) is 6.07 Å². The molecule has 2 rings (SSSR count). The van der Waals surface area contributed by atoms with Crippen molar-refractivity contribution in [3.63, 3.8) is 0 Å². The SMILES string of the molecule is CC(O)CNC(=O)C(C)(CC(C)(C)C(C)(C#N)CCC(=O)NCCCN)C(C)(C)CC(C)(C)CC(C)(C(=O)NCCC(=O)N1CCSC1=S)C(C)(C)SC(=S)c1ccccc1. The molecule has 1 heterocycles. The lowest BCUT2D eigenvalue weighted by Crippen LogP contribution is -2.56. The zero-order chi connectivity index (χ0) is 46.7. The fourth-order valence-corrected chi connectivity index (χ4v) is 11.8. The summed E-state index contributed by atoms with van der Waals surface area (Å²) in [6, 6.07) is 12.2. The molecule has 15 heteroatoms. The maximum absolute atomic E-state index is 14.7. The standard InChI is InChI=1S/C46H74N6O5S4/c1-32(53)27-51-37(56)45(11,30-41(4,5)44(10,31-48)21-19-34(54)49-23-16-22-47)42(6,7)28-40(2,3)29-46(12,43(8,9)61-36(58)33-17-14-13-15-18-33)38(57)50-24-20-35(55)52-25-26-60-39(52)59/h13-15,17-18,32,53H,16,19-30,47H2,1-12H3,(H,49,54)(H,50,57)(H,51,56). The second-order valence-corrected chi connectivity index (χ2v) is 24.1. The quantitative estimate of drug-likeness (QED) is 0.0506. The lowest BCUT2D eigenvalue weighted by Gasteiger charge is -2.53. The van der Waals surface area contributed by atoms with Crippen LogP contribution in [0, 0.1) is 43.8 Å². The predicted octanol–water partition coefficient (Wildman–Crippen LogP) is 7.77. The highest BCUT2D eigenvalue weighted by molar-refractivity contribution is 8.24. The van der Waals surface area contributed by atoms with Crippen LogP contribution in [0.25, 0.3) is 0 Å². The van der Waals surface area contributed by atoms with Gasteiger partial charge in [-0.05, 0) is 95.1 Å². The molecular formula is C46H74N6O5S4. The van der Waals surface area contributed by atoms with Gasteiger partial charge in [0.1, 0.15) is 4.32 Å². The third kappa shape index (κ3) is 14.4. The average molecular weight is 919 g/mol. The van der Waals surface area contributed by atoms with Crippen molar-refractivity contribution in [2.75, 3.05) is 38.5 Å². The summed E-state index contributed by atoms with van der Waals surface area (Å²) in [7, 11) is 0. The Morgan fingerprint density at radius 2 is 1.49 bits per heavy atom. The van der Waals surface area contributed by atoms with E-state index in [0.717, 1.165) is 11.3 Å². The summed E-state index contributed by atoms with van der Waals surface area (Å²) in [5.74, 6) is 0.0513. The smallest absolute Gasteiger partial charge is 0.229 e. The number of hydrogen-bond donors (Lipinski definition) is 5. The van der Waals surface area contributed by atoms with Crippen LogP contribution in [0.4, 0.5) is 0 Å². The van der Waals surface area contributed by atoms with Crippen molar-refractivity contribution < 1.29 is 24.3 Å². The van der Waals surface area contributed by atoms with Gasteiger partial charge in [-0.15, -0.1) is 11.8 Å². The van der Waals surface area contributed by atoms with E-state index < -0.39 is 43.3 Å². The third-order valence-corrected chi connectivity index (χ3v) is 16.6. The van der Waals surface area contributed by atoms with E-state index in [1.54, 1.807) is 11.8 Å². The van der Waals surface area contributed by atoms with Gasteiger partial charge in [-0.25, -0.2) is 0 Å². The normalized spacial score (nSPS) is 17.3. The monoisotopic (exact) mass is 918 g/mol. The molecule has 0 saturated carbocycles. The maximum atomic E-state index is 14.7. The first kappa shape index (κ1) is 54.5. The molecule has 4 unspecified atom stereocenters. The summed E-state index contributed by atoms with van der Waals surface area (Å²) in [5, 5.41) is 29.9. The Labute approximate surface area is 386 Å². The Bertz CT molecular complexity index is 1760. The fourth-order valence-electron chi connectivity index (χ4n) is 8.66. The summed E-state index contributed by atoms with van der Waals surface area (Å²) in [6.07, 6.45) is 1.65. The van der Waals surface area contributed by atoms with Gasteiger partial charge in [-0.1, -0.05) is 115 Å². The maximum Gasteiger partial charge on any atom is 0.229 e. The number of amides is 4. The van der Waals surface area contributed by atoms with Gasteiger partial charge in [0.15, 0.2) is 0 Å². The van der Waals surface area contributed by atoms with E-state index in [0.29, 0.717) is 60.3 Å². The van der Waals surface area contributed by atoms with E-state index in [9.17, 15) is 29.5 Å². The Morgan fingerprint density at radius 1 is 0.885 bits per heavy atom. The van der Waals surface area contributed by atoms with Crippen LogP contribution in [0.3, 0.4) is 0 Å². The van der Waals surface area contributed by atoms with Crippen LogP contribution >= 0.6 is 48.0 Å². The summed E-state index contributed by atoms with van der Waals surface area (Å²) in [5.41, 5.74) is 1.33. The molecule has 1 aromatic carbocycles. The van der Waals surface area contributed by atoms with Crippen molar-refractivity contribution >= 4 is 80.1 Å². The molecule has 4 amide bonds. The highest BCUT2D eigenvalue weighted by atomic mass is 32.2. The Morgan fingerprint density at radius 3 is 2.03 bits per heavy atom. The van der Waals surface area contributed by atoms with Crippen LogP contribution in [-0.2, 0) is 19.2 Å². The number of aliphatic hydroxyl groups is 1. The number of thioether (sulfide) groups is 2. The first-order valence-corrected chi connectivity index (χ1v) is 24.0. The molecule has 0 aliphatic carbocycles. The lowest BCUT2D eigenvalue weighted by atomic mass is 9.50. The molecule has 1 aliphatic heterocycles. The Hall–Kier alpha value is -2.61. The molecule has 1 saturated heterocycles. The molecule has 1 aromatic rings. The largest absolute Gasteiger partial charge is 0.392 e. The number of nitrogens with two attached hydrogens (primary N) is 1. The molecule has 0 radical (unpaired) electrons. The van der Waals surface area contributed by atoms with E-state index in [-0.39, 0.29) is 49.6 Å². The molecular weight excluding hydrogens is 845 g/mol. The van der Waals surface area contributed by atoms with Gasteiger partial charge >= 0.3 is 0 Å². The molecule has 0 bridgehead atoms. The van der Waals surface area contributed by atoms with Crippen molar-refractivity contribution in [3.05, 3.63) is 35.9 Å². The van der Waals surface area contributed by atoms with Crippen LogP contribution in [0.5, 0.6) is 0 Å². The van der Waals surface area contributed by atoms with Crippen LogP contribution in [0.1, 0.15) is 134 Å². The van der Waals surface area contributed by atoms with Gasteiger partial charge in [-0.2, -0.15) is 5.26 Å². The molecule has 0 spiro atoms. The second-order valence-electron chi connectivity index (χ2n) is 20.1. The Balaban J connectivity index is 2.56. The van der Waals surface area contributed by atoms with Crippen molar-refractivity contribution in [2.45, 2.75) is 139 Å². The summed E-state index contributed by atoms with van der Waals surface area (Å²) < 4.78 is 0.482. The van der Waals surface area contributed by atoms with E-state index in [4.69, 9.17) is 30.2 Å². The number of nitrogens with one attached hydrogen (secondary N) is 3. The molecule has 6 N–H and O–H groups in total. The van der Waals surface area contributed by atoms with Crippen LogP contribution in [-0.4, -0.2) is 91.5 Å². The van der Waals surface area contributed by atoms with Gasteiger partial charge < -0.3 is 26.8 Å². The van der Waals surface area contributed by atoms with Crippen molar-refractivity contribution in [1.82, 2.24) is 20.9 Å². The minimum absolute atomic E-state index is 0.0582. The molecule has 61 heavy (non-hydrogen) atoms. The van der Waals surface area contributed by atoms with Crippen LogP contribution in [0.15, 0.2) is 30.3 Å². The van der Waals surface area contributed by atoms with Crippen molar-refractivity contribution in [1.29, 1.82) is 5.26 Å². The van der Waals surface area contributed by atoms with Gasteiger partial charge in [0, 0.05) is 49.5 Å². The number of rotatable bonds is 24. The zero-order valence-corrected chi connectivity index (χ0v) is 42.1. The summed E-state index contributed by atoms with van der Waals surface area (Å²) in [6.45, 7) is 25.5. The van der Waals surface area contributed by atoms with Gasteiger partial charge in [0.2, 0.25) is 23.6 Å². The Kier molecular flexibility index (Phi) is 20.0. The van der Waals surface area contributed by atoms with E-state index >= 15 is 0 Å². The second kappa shape index (κ2) is 22.3. The summed E-state index contributed by atoms with van der Waals surface area (Å²) in [4.78, 5) is 56.8. The number of thiocarbonyl (C=S) groups is 2. The molecule has 11 nitrogen and oxygen atoms in total. The number of benzene rings is 1. The highest BCUT2D eigenvalue weighted by Gasteiger charge is 2.57. The number of hydrogen-bond acceptors (Lipinski definition) is 11. The lowest BCUT2D eigenvalue weighted by molar-refractivity contribution is -0.146. The molecule has 1 fully saturated rings. The van der Waals surface area contributed by atoms with Crippen molar-refractivity contribution in [2.24, 2.45) is 38.2 Å². The summed E-state index contributed by atoms with van der Waals surface area (Å²) >= 11 is 14.3. The first-order chi connectivity index (χ1) is 28.0. The number of carbonyl (C=O) groups is 4. The van der Waals surface area contributed by atoms with E-state index in [1.165, 1.54) is 23.5 Å². The fraction of sp³-hybridized carbons (Fsp3) is 0.717. The minimum atomic E-state index is -1.09. The average Bonchev–Trinajstić information content (AvgIpc) is 3.60. The van der Waals surface area contributed by atoms with Gasteiger partial charge in [0.25, 0.3) is 0 Å². The van der Waals surface area contributed by atoms with E-state index in [2.05, 4.69) is 49.7 Å². The molecule has 4 atom stereocenters. The highest BCUT2D eigenvalue weighted by Crippen LogP contribution is 2.59. The first-order valence-electron chi connectivity index (χ1n) is 21.4. The predicted molar refractivity (Wildman–Crippen MR) is 260 cm³/mol.